The third kappa shape index (κ3) is 2.09. The Morgan fingerprint density at radius 2 is 2.00 bits per heavy atom. The largest absolute Gasteiger partial charge is 0.256 e. The highest BCUT2D eigenvalue weighted by Gasteiger charge is 2.35. The van der Waals surface area contributed by atoms with Crippen LogP contribution in [0.15, 0.2) is 36.5 Å². The molecule has 2 aromatic rings. The van der Waals surface area contributed by atoms with Gasteiger partial charge in [-0.15, -0.1) is 0 Å². The lowest BCUT2D eigenvalue weighted by Gasteiger charge is -2.25. The number of allylic oxidation sites excluding steroid dienone is 1. The van der Waals surface area contributed by atoms with Crippen molar-refractivity contribution in [2.24, 2.45) is 5.14 Å². The second-order valence-electron chi connectivity index (χ2n) is 4.46. The first kappa shape index (κ1) is 12.8. The topological polar surface area (TPSA) is 73.1 Å². The van der Waals surface area contributed by atoms with Crippen LogP contribution in [0.4, 0.5) is 0 Å². The molecule has 1 aliphatic carbocycles. The average Bonchev–Trinajstić information content (AvgIpc) is 2.37. The Hall–Kier alpha value is -1.24. The number of primary sulfonamides is 1. The van der Waals surface area contributed by atoms with E-state index in [-0.39, 0.29) is 4.83 Å². The number of nitrogens with two attached hydrogens (primary N) is 1. The van der Waals surface area contributed by atoms with Crippen LogP contribution in [0.5, 0.6) is 0 Å². The molecule has 0 spiro atoms. The maximum atomic E-state index is 11.9. The normalized spacial score (nSPS) is 22.4. The van der Waals surface area contributed by atoms with E-state index < -0.39 is 15.3 Å². The Morgan fingerprint density at radius 1 is 1.26 bits per heavy atom. The van der Waals surface area contributed by atoms with Crippen molar-refractivity contribution in [1.29, 1.82) is 0 Å². The number of sulfonamides is 1. The van der Waals surface area contributed by atoms with Gasteiger partial charge in [0.25, 0.3) is 0 Å². The molecule has 1 aliphatic rings. The van der Waals surface area contributed by atoms with E-state index in [2.05, 4.69) is 20.9 Å². The number of nitrogens with zero attached hydrogens (tertiary/aromatic N) is 1. The quantitative estimate of drug-likeness (QED) is 0.811. The molecule has 6 heteroatoms. The number of fused-ring (bicyclic) bond motifs is 3. The number of alkyl halides is 1. The van der Waals surface area contributed by atoms with Crippen LogP contribution < -0.4 is 5.14 Å². The Morgan fingerprint density at radius 3 is 2.74 bits per heavy atom. The third-order valence-corrected chi connectivity index (χ3v) is 5.66. The summed E-state index contributed by atoms with van der Waals surface area (Å²) in [5.41, 5.74) is 1.33. The molecule has 2 atom stereocenters. The highest BCUT2D eigenvalue weighted by atomic mass is 79.9. The predicted molar refractivity (Wildman–Crippen MR) is 79.3 cm³/mol. The minimum atomic E-state index is -3.72. The van der Waals surface area contributed by atoms with Gasteiger partial charge < -0.3 is 0 Å². The first-order chi connectivity index (χ1) is 8.98. The van der Waals surface area contributed by atoms with Crippen molar-refractivity contribution >= 4 is 42.8 Å². The van der Waals surface area contributed by atoms with E-state index >= 15 is 0 Å². The lowest BCUT2D eigenvalue weighted by atomic mass is 9.96. The van der Waals surface area contributed by atoms with Gasteiger partial charge in [0.1, 0.15) is 5.25 Å². The number of hydrogen-bond donors (Lipinski definition) is 1. The number of hydrogen-bond acceptors (Lipinski definition) is 3. The van der Waals surface area contributed by atoms with Crippen molar-refractivity contribution in [1.82, 2.24) is 4.98 Å². The van der Waals surface area contributed by atoms with Gasteiger partial charge in [-0.3, -0.25) is 4.98 Å². The molecule has 0 bridgehead atoms. The molecule has 1 aromatic heterocycles. The molecule has 2 unspecified atom stereocenters. The van der Waals surface area contributed by atoms with E-state index in [1.807, 2.05) is 30.3 Å². The molecule has 2 N–H and O–H groups in total. The summed E-state index contributed by atoms with van der Waals surface area (Å²) in [7, 11) is -3.72. The van der Waals surface area contributed by atoms with Gasteiger partial charge in [-0.25, -0.2) is 13.6 Å². The Bertz CT molecular complexity index is 786. The molecule has 0 saturated heterocycles. The van der Waals surface area contributed by atoms with Crippen LogP contribution in [-0.2, 0) is 10.0 Å². The highest BCUT2D eigenvalue weighted by molar-refractivity contribution is 9.09. The fraction of sp³-hybridized carbons (Fsp3) is 0.154. The van der Waals surface area contributed by atoms with Gasteiger partial charge in [0.2, 0.25) is 10.0 Å². The van der Waals surface area contributed by atoms with Gasteiger partial charge in [0, 0.05) is 17.1 Å². The van der Waals surface area contributed by atoms with E-state index in [1.165, 1.54) is 0 Å². The number of pyridine rings is 1. The zero-order valence-corrected chi connectivity index (χ0v) is 12.2. The molecule has 0 radical (unpaired) electrons. The monoisotopic (exact) mass is 338 g/mol. The maximum absolute atomic E-state index is 11.9. The lowest BCUT2D eigenvalue weighted by molar-refractivity contribution is 0.585. The number of benzene rings is 1. The van der Waals surface area contributed by atoms with Crippen LogP contribution in [0.25, 0.3) is 16.8 Å². The SMILES string of the molecule is NS(=O)(=O)C1c2c(ncc3ccccc23)C=CC1Br. The van der Waals surface area contributed by atoms with Crippen LogP contribution in [0.1, 0.15) is 16.5 Å². The molecule has 1 heterocycles. The Kier molecular flexibility index (Phi) is 2.96. The van der Waals surface area contributed by atoms with E-state index in [0.29, 0.717) is 11.3 Å². The van der Waals surface area contributed by atoms with Gasteiger partial charge >= 0.3 is 0 Å². The molecular weight excluding hydrogens is 328 g/mol. The highest BCUT2D eigenvalue weighted by Crippen LogP contribution is 2.39. The molecule has 0 saturated carbocycles. The predicted octanol–water partition coefficient (Wildman–Crippen LogP) is 2.35. The van der Waals surface area contributed by atoms with Crippen molar-refractivity contribution in [3.8, 4) is 0 Å². The fourth-order valence-electron chi connectivity index (χ4n) is 2.42. The van der Waals surface area contributed by atoms with Crippen LogP contribution in [0.2, 0.25) is 0 Å². The summed E-state index contributed by atoms with van der Waals surface area (Å²) in [6.07, 6.45) is 5.33. The lowest BCUT2D eigenvalue weighted by Crippen LogP contribution is -2.30. The average molecular weight is 339 g/mol. The van der Waals surface area contributed by atoms with Crippen LogP contribution >= 0.6 is 15.9 Å². The molecule has 1 aromatic carbocycles. The summed E-state index contributed by atoms with van der Waals surface area (Å²) < 4.78 is 23.8. The standard InChI is InChI=1S/C13H11BrN2O2S/c14-10-5-6-11-12(13(10)19(15,17)18)9-4-2-1-3-8(9)7-16-11/h1-7,10,13H,(H2,15,17,18). The minimum Gasteiger partial charge on any atom is -0.256 e. The van der Waals surface area contributed by atoms with Gasteiger partial charge in [0.15, 0.2) is 0 Å². The summed E-state index contributed by atoms with van der Waals surface area (Å²) in [6.45, 7) is 0. The summed E-state index contributed by atoms with van der Waals surface area (Å²) >= 11 is 3.37. The summed E-state index contributed by atoms with van der Waals surface area (Å²) in [6, 6.07) is 7.58. The number of halogens is 1. The molecule has 0 aliphatic heterocycles. The van der Waals surface area contributed by atoms with Crippen molar-refractivity contribution in [3.05, 3.63) is 47.8 Å². The number of rotatable bonds is 1. The second kappa shape index (κ2) is 4.40. The molecule has 3 rings (SSSR count). The molecule has 4 nitrogen and oxygen atoms in total. The van der Waals surface area contributed by atoms with Crippen molar-refractivity contribution < 1.29 is 8.42 Å². The van der Waals surface area contributed by atoms with E-state index in [0.717, 1.165) is 10.8 Å². The Balaban J connectivity index is 2.41. The van der Waals surface area contributed by atoms with Gasteiger partial charge in [-0.2, -0.15) is 0 Å². The minimum absolute atomic E-state index is 0.345. The summed E-state index contributed by atoms with van der Waals surface area (Å²) in [5, 5.41) is 6.36. The van der Waals surface area contributed by atoms with E-state index in [4.69, 9.17) is 5.14 Å². The van der Waals surface area contributed by atoms with Crippen molar-refractivity contribution in [3.63, 3.8) is 0 Å². The number of aromatic nitrogens is 1. The van der Waals surface area contributed by atoms with Gasteiger partial charge in [0.05, 0.1) is 10.5 Å². The Labute approximate surface area is 119 Å². The first-order valence-corrected chi connectivity index (χ1v) is 8.22. The van der Waals surface area contributed by atoms with Crippen LogP contribution in [-0.4, -0.2) is 18.2 Å². The fourth-order valence-corrected chi connectivity index (χ4v) is 4.77. The maximum Gasteiger partial charge on any atom is 0.217 e. The second-order valence-corrected chi connectivity index (χ2v) is 7.20. The molecular formula is C13H11BrN2O2S. The summed E-state index contributed by atoms with van der Waals surface area (Å²) in [5.74, 6) is 0. The third-order valence-electron chi connectivity index (χ3n) is 3.24. The van der Waals surface area contributed by atoms with Gasteiger partial charge in [-0.1, -0.05) is 46.3 Å². The molecule has 0 fully saturated rings. The van der Waals surface area contributed by atoms with Gasteiger partial charge in [-0.05, 0) is 11.5 Å². The smallest absolute Gasteiger partial charge is 0.217 e. The van der Waals surface area contributed by atoms with Crippen molar-refractivity contribution in [2.75, 3.05) is 0 Å². The van der Waals surface area contributed by atoms with E-state index in [9.17, 15) is 8.42 Å². The van der Waals surface area contributed by atoms with Crippen molar-refractivity contribution in [2.45, 2.75) is 10.1 Å². The molecule has 0 amide bonds. The zero-order chi connectivity index (χ0) is 13.6. The molecule has 19 heavy (non-hydrogen) atoms. The molecule has 98 valence electrons. The van der Waals surface area contributed by atoms with Crippen LogP contribution in [0.3, 0.4) is 0 Å². The first-order valence-electron chi connectivity index (χ1n) is 5.70. The zero-order valence-electron chi connectivity index (χ0n) is 9.82. The van der Waals surface area contributed by atoms with E-state index in [1.54, 1.807) is 12.3 Å². The summed E-state index contributed by atoms with van der Waals surface area (Å²) in [4.78, 5) is 3.97. The van der Waals surface area contributed by atoms with Crippen LogP contribution in [0, 0.1) is 0 Å².